The second kappa shape index (κ2) is 6.08. The summed E-state index contributed by atoms with van der Waals surface area (Å²) in [6.07, 6.45) is 0.778. The van der Waals surface area contributed by atoms with Crippen LogP contribution < -0.4 is 5.32 Å². The monoisotopic (exact) mass is 313 g/mol. The molecule has 1 aromatic rings. The summed E-state index contributed by atoms with van der Waals surface area (Å²) >= 11 is 1.69. The van der Waals surface area contributed by atoms with Gasteiger partial charge >= 0.3 is 0 Å². The molecule has 1 N–H and O–H groups in total. The van der Waals surface area contributed by atoms with Crippen LogP contribution >= 0.6 is 11.8 Å². The molecule has 5 heteroatoms. The van der Waals surface area contributed by atoms with Crippen LogP contribution in [0, 0.1) is 0 Å². The van der Waals surface area contributed by atoms with Crippen molar-refractivity contribution < 1.29 is 8.42 Å². The van der Waals surface area contributed by atoms with Crippen molar-refractivity contribution in [1.29, 1.82) is 0 Å². The SMILES string of the molecule is CC(C)(C)NCc1ccc(SC2CCS(=O)(=O)C2)cc1. The first kappa shape index (κ1) is 15.9. The molecule has 1 aliphatic heterocycles. The first-order chi connectivity index (χ1) is 9.23. The minimum atomic E-state index is -2.78. The van der Waals surface area contributed by atoms with Crippen molar-refractivity contribution in [3.8, 4) is 0 Å². The zero-order valence-corrected chi connectivity index (χ0v) is 14.0. The predicted octanol–water partition coefficient (Wildman–Crippen LogP) is 2.85. The summed E-state index contributed by atoms with van der Waals surface area (Å²) in [6, 6.07) is 8.42. The Morgan fingerprint density at radius 1 is 1.25 bits per heavy atom. The van der Waals surface area contributed by atoms with Crippen LogP contribution in [0.15, 0.2) is 29.2 Å². The van der Waals surface area contributed by atoms with E-state index in [1.54, 1.807) is 11.8 Å². The molecule has 0 aromatic heterocycles. The van der Waals surface area contributed by atoms with Gasteiger partial charge < -0.3 is 5.32 Å². The van der Waals surface area contributed by atoms with Gasteiger partial charge in [-0.1, -0.05) is 12.1 Å². The molecule has 1 aromatic carbocycles. The number of nitrogens with one attached hydrogen (secondary N) is 1. The van der Waals surface area contributed by atoms with Crippen molar-refractivity contribution in [3.63, 3.8) is 0 Å². The molecule has 0 radical (unpaired) electrons. The Labute approximate surface area is 126 Å². The van der Waals surface area contributed by atoms with Gasteiger partial charge in [-0.05, 0) is 44.9 Å². The number of hydrogen-bond donors (Lipinski definition) is 1. The fourth-order valence-electron chi connectivity index (χ4n) is 2.10. The molecular formula is C15H23NO2S2. The van der Waals surface area contributed by atoms with Crippen molar-refractivity contribution in [1.82, 2.24) is 5.32 Å². The molecule has 1 aliphatic rings. The Kier molecular flexibility index (Phi) is 4.82. The quantitative estimate of drug-likeness (QED) is 0.928. The molecule has 3 nitrogen and oxygen atoms in total. The first-order valence-electron chi connectivity index (χ1n) is 6.95. The largest absolute Gasteiger partial charge is 0.308 e. The molecule has 2 rings (SSSR count). The highest BCUT2D eigenvalue weighted by atomic mass is 32.2. The Morgan fingerprint density at radius 3 is 2.40 bits per heavy atom. The summed E-state index contributed by atoms with van der Waals surface area (Å²) in [5, 5.41) is 3.68. The molecular weight excluding hydrogens is 290 g/mol. The van der Waals surface area contributed by atoms with E-state index in [4.69, 9.17) is 0 Å². The highest BCUT2D eigenvalue weighted by Crippen LogP contribution is 2.30. The molecule has 1 fully saturated rings. The number of sulfone groups is 1. The number of benzene rings is 1. The summed E-state index contributed by atoms with van der Waals surface area (Å²) in [4.78, 5) is 1.16. The van der Waals surface area contributed by atoms with Crippen molar-refractivity contribution in [2.75, 3.05) is 11.5 Å². The minimum absolute atomic E-state index is 0.117. The summed E-state index contributed by atoms with van der Waals surface area (Å²) in [7, 11) is -2.78. The van der Waals surface area contributed by atoms with E-state index < -0.39 is 9.84 Å². The van der Waals surface area contributed by atoms with Crippen molar-refractivity contribution in [3.05, 3.63) is 29.8 Å². The second-order valence-electron chi connectivity index (χ2n) is 6.39. The van der Waals surface area contributed by atoms with Gasteiger partial charge in [0.2, 0.25) is 0 Å². The Bertz CT molecular complexity index is 544. The van der Waals surface area contributed by atoms with E-state index in [1.807, 2.05) is 0 Å². The Balaban J connectivity index is 1.89. The van der Waals surface area contributed by atoms with E-state index in [9.17, 15) is 8.42 Å². The standard InChI is InChI=1S/C15H23NO2S2/c1-15(2,3)16-10-12-4-6-13(7-5-12)19-14-8-9-20(17,18)11-14/h4-7,14,16H,8-11H2,1-3H3. The van der Waals surface area contributed by atoms with E-state index in [0.29, 0.717) is 11.5 Å². The van der Waals surface area contributed by atoms with Crippen molar-refractivity contribution >= 4 is 21.6 Å². The van der Waals surface area contributed by atoms with Crippen LogP contribution in [0.1, 0.15) is 32.8 Å². The first-order valence-corrected chi connectivity index (χ1v) is 9.65. The maximum Gasteiger partial charge on any atom is 0.151 e. The van der Waals surface area contributed by atoms with E-state index in [0.717, 1.165) is 17.9 Å². The fourth-order valence-corrected chi connectivity index (χ4v) is 5.60. The van der Waals surface area contributed by atoms with Gasteiger partial charge in [-0.25, -0.2) is 8.42 Å². The molecule has 20 heavy (non-hydrogen) atoms. The molecule has 1 heterocycles. The number of rotatable bonds is 4. The van der Waals surface area contributed by atoms with Crippen LogP contribution in [-0.2, 0) is 16.4 Å². The van der Waals surface area contributed by atoms with Crippen molar-refractivity contribution in [2.24, 2.45) is 0 Å². The minimum Gasteiger partial charge on any atom is -0.308 e. The summed E-state index contributed by atoms with van der Waals surface area (Å²) in [5.41, 5.74) is 1.37. The molecule has 1 unspecified atom stereocenters. The third-order valence-electron chi connectivity index (χ3n) is 3.24. The zero-order chi connectivity index (χ0) is 14.8. The van der Waals surface area contributed by atoms with Crippen LogP contribution in [0.2, 0.25) is 0 Å². The van der Waals surface area contributed by atoms with Crippen LogP contribution in [-0.4, -0.2) is 30.7 Å². The number of thioether (sulfide) groups is 1. The van der Waals surface area contributed by atoms with Crippen LogP contribution in [0.3, 0.4) is 0 Å². The highest BCUT2D eigenvalue weighted by Gasteiger charge is 2.28. The normalized spacial score (nSPS) is 22.1. The average Bonchev–Trinajstić information content (AvgIpc) is 2.67. The van der Waals surface area contributed by atoms with Gasteiger partial charge in [0, 0.05) is 22.2 Å². The predicted molar refractivity (Wildman–Crippen MR) is 86.0 cm³/mol. The smallest absolute Gasteiger partial charge is 0.151 e. The second-order valence-corrected chi connectivity index (χ2v) is 9.99. The van der Waals surface area contributed by atoms with Crippen LogP contribution in [0.25, 0.3) is 0 Å². The summed E-state index contributed by atoms with van der Waals surface area (Å²) in [6.45, 7) is 7.31. The van der Waals surface area contributed by atoms with E-state index in [2.05, 4.69) is 50.4 Å². The Hall–Kier alpha value is -0.520. The Morgan fingerprint density at radius 2 is 1.90 bits per heavy atom. The van der Waals surface area contributed by atoms with E-state index in [-0.39, 0.29) is 10.8 Å². The fraction of sp³-hybridized carbons (Fsp3) is 0.600. The lowest BCUT2D eigenvalue weighted by Crippen LogP contribution is -2.35. The molecule has 0 spiro atoms. The number of hydrogen-bond acceptors (Lipinski definition) is 4. The van der Waals surface area contributed by atoms with Gasteiger partial charge in [-0.2, -0.15) is 0 Å². The van der Waals surface area contributed by atoms with E-state index in [1.165, 1.54) is 5.56 Å². The molecule has 0 bridgehead atoms. The van der Waals surface area contributed by atoms with Gasteiger partial charge in [0.15, 0.2) is 9.84 Å². The average molecular weight is 313 g/mol. The third kappa shape index (κ3) is 5.11. The van der Waals surface area contributed by atoms with Gasteiger partial charge in [-0.3, -0.25) is 0 Å². The van der Waals surface area contributed by atoms with Crippen LogP contribution in [0.4, 0.5) is 0 Å². The lowest BCUT2D eigenvalue weighted by molar-refractivity contribution is 0.424. The topological polar surface area (TPSA) is 46.2 Å². The molecule has 0 aliphatic carbocycles. The third-order valence-corrected chi connectivity index (χ3v) is 6.50. The van der Waals surface area contributed by atoms with Gasteiger partial charge in [0.1, 0.15) is 0 Å². The summed E-state index contributed by atoms with van der Waals surface area (Å²) in [5.74, 6) is 0.670. The maximum atomic E-state index is 11.4. The van der Waals surface area contributed by atoms with Crippen molar-refractivity contribution in [2.45, 2.75) is 49.4 Å². The van der Waals surface area contributed by atoms with Gasteiger partial charge in [-0.15, -0.1) is 11.8 Å². The molecule has 1 atom stereocenters. The van der Waals surface area contributed by atoms with Crippen LogP contribution in [0.5, 0.6) is 0 Å². The molecule has 112 valence electrons. The van der Waals surface area contributed by atoms with E-state index >= 15 is 0 Å². The molecule has 0 amide bonds. The van der Waals surface area contributed by atoms with Gasteiger partial charge in [0.05, 0.1) is 11.5 Å². The summed E-state index contributed by atoms with van der Waals surface area (Å²) < 4.78 is 22.9. The lowest BCUT2D eigenvalue weighted by Gasteiger charge is -2.20. The lowest BCUT2D eigenvalue weighted by atomic mass is 10.1. The van der Waals surface area contributed by atoms with Gasteiger partial charge in [0.25, 0.3) is 0 Å². The maximum absolute atomic E-state index is 11.4. The molecule has 1 saturated heterocycles. The zero-order valence-electron chi connectivity index (χ0n) is 12.3. The molecule has 0 saturated carbocycles. The highest BCUT2D eigenvalue weighted by molar-refractivity contribution is 8.01.